The predicted octanol–water partition coefficient (Wildman–Crippen LogP) is 1.65. The number of aromatic nitrogens is 1. The highest BCUT2D eigenvalue weighted by Crippen LogP contribution is 2.17. The minimum Gasteiger partial charge on any atom is -0.481 e. The molecule has 21 heavy (non-hydrogen) atoms. The van der Waals surface area contributed by atoms with E-state index in [-0.39, 0.29) is 23.7 Å². The van der Waals surface area contributed by atoms with E-state index in [1.807, 2.05) is 0 Å². The molecule has 0 aliphatic carbocycles. The summed E-state index contributed by atoms with van der Waals surface area (Å²) in [7, 11) is 0. The average Bonchev–Trinajstić information content (AvgIpc) is 2.81. The van der Waals surface area contributed by atoms with Crippen LogP contribution >= 0.6 is 0 Å². The first-order chi connectivity index (χ1) is 9.76. The molecule has 116 valence electrons. The summed E-state index contributed by atoms with van der Waals surface area (Å²) in [5.41, 5.74) is -0.0124. The first-order valence-corrected chi connectivity index (χ1v) is 6.63. The van der Waals surface area contributed by atoms with Crippen molar-refractivity contribution in [3.63, 3.8) is 0 Å². The molecular formula is C13H19N3O5. The highest BCUT2D eigenvalue weighted by Gasteiger charge is 2.24. The van der Waals surface area contributed by atoms with Crippen LogP contribution in [0.1, 0.15) is 37.7 Å². The van der Waals surface area contributed by atoms with Gasteiger partial charge < -0.3 is 15.0 Å². The molecule has 1 atom stereocenters. The lowest BCUT2D eigenvalue weighted by Gasteiger charge is -2.20. The molecule has 1 aromatic rings. The third kappa shape index (κ3) is 4.30. The highest BCUT2D eigenvalue weighted by atomic mass is 16.6. The zero-order valence-electron chi connectivity index (χ0n) is 12.2. The maximum absolute atomic E-state index is 12.2. The Labute approximate surface area is 121 Å². The third-order valence-electron chi connectivity index (χ3n) is 3.18. The quantitative estimate of drug-likeness (QED) is 0.586. The molecule has 0 aliphatic heterocycles. The summed E-state index contributed by atoms with van der Waals surface area (Å²) in [6.45, 7) is 5.77. The number of amides is 1. The van der Waals surface area contributed by atoms with Crippen LogP contribution in [0.3, 0.4) is 0 Å². The van der Waals surface area contributed by atoms with Gasteiger partial charge in [0.25, 0.3) is 11.6 Å². The number of hydrogen-bond acceptors (Lipinski definition) is 4. The molecule has 0 aliphatic rings. The number of carboxylic acids is 1. The summed E-state index contributed by atoms with van der Waals surface area (Å²) in [4.78, 5) is 33.2. The molecule has 0 spiro atoms. The summed E-state index contributed by atoms with van der Waals surface area (Å²) in [6, 6.07) is 0.658. The molecule has 0 saturated heterocycles. The number of nitrogens with zero attached hydrogens (tertiary/aromatic N) is 2. The Morgan fingerprint density at radius 2 is 2.10 bits per heavy atom. The van der Waals surface area contributed by atoms with Crippen molar-refractivity contribution in [3.05, 3.63) is 28.1 Å². The van der Waals surface area contributed by atoms with E-state index in [1.165, 1.54) is 16.8 Å². The fourth-order valence-corrected chi connectivity index (χ4v) is 1.93. The molecule has 0 radical (unpaired) electrons. The topological polar surface area (TPSA) is 114 Å². The van der Waals surface area contributed by atoms with Crippen molar-refractivity contribution >= 4 is 17.6 Å². The number of nitrogens with one attached hydrogen (secondary N) is 1. The van der Waals surface area contributed by atoms with Crippen molar-refractivity contribution in [2.75, 3.05) is 0 Å². The van der Waals surface area contributed by atoms with Crippen LogP contribution in [0.5, 0.6) is 0 Å². The van der Waals surface area contributed by atoms with Crippen LogP contribution in [0, 0.1) is 16.0 Å². The van der Waals surface area contributed by atoms with Gasteiger partial charge in [-0.1, -0.05) is 13.8 Å². The molecular weight excluding hydrogens is 278 g/mol. The Kier molecular flexibility index (Phi) is 5.45. The molecule has 1 amide bonds. The fraction of sp³-hybridized carbons (Fsp3) is 0.538. The minimum atomic E-state index is -1.01. The predicted molar refractivity (Wildman–Crippen MR) is 75.1 cm³/mol. The van der Waals surface area contributed by atoms with Crippen molar-refractivity contribution in [1.82, 2.24) is 9.88 Å². The van der Waals surface area contributed by atoms with Gasteiger partial charge in [0.2, 0.25) is 0 Å². The number of carboxylic acid groups (broad SMARTS) is 1. The Morgan fingerprint density at radius 3 is 2.52 bits per heavy atom. The van der Waals surface area contributed by atoms with Gasteiger partial charge in [-0.15, -0.1) is 0 Å². The van der Waals surface area contributed by atoms with Crippen LogP contribution in [0.2, 0.25) is 0 Å². The normalized spacial score (nSPS) is 12.2. The van der Waals surface area contributed by atoms with E-state index < -0.39 is 22.8 Å². The fourth-order valence-electron chi connectivity index (χ4n) is 1.93. The number of aryl methyl sites for hydroxylation is 1. The van der Waals surface area contributed by atoms with Gasteiger partial charge in [0.05, 0.1) is 17.5 Å². The van der Waals surface area contributed by atoms with Gasteiger partial charge >= 0.3 is 5.97 Å². The Bertz CT molecular complexity index is 550. The number of aliphatic carboxylic acids is 1. The first-order valence-electron chi connectivity index (χ1n) is 6.63. The first kappa shape index (κ1) is 16.7. The Morgan fingerprint density at radius 1 is 1.48 bits per heavy atom. The number of hydrogen-bond donors (Lipinski definition) is 2. The van der Waals surface area contributed by atoms with Crippen molar-refractivity contribution in [2.45, 2.75) is 39.8 Å². The van der Waals surface area contributed by atoms with Crippen LogP contribution in [0.15, 0.2) is 12.3 Å². The number of rotatable bonds is 7. The summed E-state index contributed by atoms with van der Waals surface area (Å²) < 4.78 is 1.46. The van der Waals surface area contributed by atoms with E-state index in [2.05, 4.69) is 5.32 Å². The van der Waals surface area contributed by atoms with E-state index in [0.29, 0.717) is 6.54 Å². The molecule has 0 bridgehead atoms. The van der Waals surface area contributed by atoms with E-state index in [1.54, 1.807) is 20.8 Å². The standard InChI is InChI=1S/C13H19N3O5/c1-4-15-7-9(16(20)21)5-11(15)13(19)14-10(8(2)3)6-12(17)18/h5,7-8,10H,4,6H2,1-3H3,(H,14,19)(H,17,18). The van der Waals surface area contributed by atoms with Gasteiger partial charge in [-0.2, -0.15) is 0 Å². The molecule has 1 heterocycles. The van der Waals surface area contributed by atoms with Crippen LogP contribution in [0.4, 0.5) is 5.69 Å². The lowest BCUT2D eigenvalue weighted by molar-refractivity contribution is -0.384. The van der Waals surface area contributed by atoms with Crippen LogP contribution in [0.25, 0.3) is 0 Å². The molecule has 8 heteroatoms. The minimum absolute atomic E-state index is 0.0647. The van der Waals surface area contributed by atoms with E-state index >= 15 is 0 Å². The lowest BCUT2D eigenvalue weighted by Crippen LogP contribution is -2.40. The molecule has 1 unspecified atom stereocenters. The Hall–Kier alpha value is -2.38. The zero-order valence-corrected chi connectivity index (χ0v) is 12.2. The second-order valence-corrected chi connectivity index (χ2v) is 5.05. The average molecular weight is 297 g/mol. The van der Waals surface area contributed by atoms with E-state index in [0.717, 1.165) is 0 Å². The summed E-state index contributed by atoms with van der Waals surface area (Å²) >= 11 is 0. The van der Waals surface area contributed by atoms with Crippen molar-refractivity contribution in [1.29, 1.82) is 0 Å². The summed E-state index contributed by atoms with van der Waals surface area (Å²) in [5, 5.41) is 22.2. The summed E-state index contributed by atoms with van der Waals surface area (Å²) in [6.07, 6.45) is 1.09. The van der Waals surface area contributed by atoms with E-state index in [4.69, 9.17) is 5.11 Å². The van der Waals surface area contributed by atoms with Crippen LogP contribution < -0.4 is 5.32 Å². The number of nitro groups is 1. The molecule has 1 rings (SSSR count). The molecule has 0 fully saturated rings. The molecule has 2 N–H and O–H groups in total. The maximum Gasteiger partial charge on any atom is 0.305 e. The molecule has 0 aromatic carbocycles. The maximum atomic E-state index is 12.2. The molecule has 1 aromatic heterocycles. The molecule has 0 saturated carbocycles. The third-order valence-corrected chi connectivity index (χ3v) is 3.18. The van der Waals surface area contributed by atoms with Gasteiger partial charge in [0.15, 0.2) is 0 Å². The summed E-state index contributed by atoms with van der Waals surface area (Å²) in [5.74, 6) is -1.58. The van der Waals surface area contributed by atoms with Gasteiger partial charge in [-0.25, -0.2) is 0 Å². The monoisotopic (exact) mass is 297 g/mol. The largest absolute Gasteiger partial charge is 0.481 e. The van der Waals surface area contributed by atoms with E-state index in [9.17, 15) is 19.7 Å². The lowest BCUT2D eigenvalue weighted by atomic mass is 10.0. The van der Waals surface area contributed by atoms with Crippen molar-refractivity contribution in [2.24, 2.45) is 5.92 Å². The van der Waals surface area contributed by atoms with Crippen LogP contribution in [-0.2, 0) is 11.3 Å². The van der Waals surface area contributed by atoms with Gasteiger partial charge in [-0.3, -0.25) is 19.7 Å². The second-order valence-electron chi connectivity index (χ2n) is 5.05. The molecule has 8 nitrogen and oxygen atoms in total. The van der Waals surface area contributed by atoms with Crippen LogP contribution in [-0.4, -0.2) is 32.5 Å². The highest BCUT2D eigenvalue weighted by molar-refractivity contribution is 5.94. The van der Waals surface area contributed by atoms with Gasteiger partial charge in [-0.05, 0) is 12.8 Å². The van der Waals surface area contributed by atoms with Crippen molar-refractivity contribution < 1.29 is 19.6 Å². The zero-order chi connectivity index (χ0) is 16.2. The second kappa shape index (κ2) is 6.87. The Balaban J connectivity index is 2.96. The van der Waals surface area contributed by atoms with Gasteiger partial charge in [0, 0.05) is 18.7 Å². The number of carbonyl (C=O) groups is 2. The number of carbonyl (C=O) groups excluding carboxylic acids is 1. The SMILES string of the molecule is CCn1cc([N+](=O)[O-])cc1C(=O)NC(CC(=O)O)C(C)C. The van der Waals surface area contributed by atoms with Crippen molar-refractivity contribution in [3.8, 4) is 0 Å². The van der Waals surface area contributed by atoms with Gasteiger partial charge in [0.1, 0.15) is 5.69 Å². The smallest absolute Gasteiger partial charge is 0.305 e.